The van der Waals surface area contributed by atoms with Crippen molar-refractivity contribution >= 4 is 5.97 Å². The number of ether oxygens (including phenoxy) is 2. The average molecular weight is 353 g/mol. The van der Waals surface area contributed by atoms with Crippen LogP contribution in [0.25, 0.3) is 0 Å². The van der Waals surface area contributed by atoms with Gasteiger partial charge in [-0.25, -0.2) is 0 Å². The lowest BCUT2D eigenvalue weighted by Gasteiger charge is -2.32. The summed E-state index contributed by atoms with van der Waals surface area (Å²) in [6, 6.07) is 16.1. The fourth-order valence-electron chi connectivity index (χ4n) is 3.51. The lowest BCUT2D eigenvalue weighted by molar-refractivity contribution is -0.131. The smallest absolute Gasteiger partial charge is 0.308 e. The first-order chi connectivity index (χ1) is 12.6. The van der Waals surface area contributed by atoms with Gasteiger partial charge in [-0.1, -0.05) is 30.7 Å². The summed E-state index contributed by atoms with van der Waals surface area (Å²) in [5, 5.41) is 0. The molecule has 4 nitrogen and oxygen atoms in total. The molecule has 1 unspecified atom stereocenters. The monoisotopic (exact) mass is 353 g/mol. The first kappa shape index (κ1) is 18.5. The Morgan fingerprint density at radius 2 is 1.92 bits per heavy atom. The van der Waals surface area contributed by atoms with Gasteiger partial charge in [0.1, 0.15) is 5.75 Å². The van der Waals surface area contributed by atoms with Gasteiger partial charge < -0.3 is 14.4 Å². The van der Waals surface area contributed by atoms with Gasteiger partial charge in [0.25, 0.3) is 0 Å². The Balaban J connectivity index is 1.65. The number of para-hydroxylation sites is 2. The molecule has 0 saturated carbocycles. The zero-order chi connectivity index (χ0) is 18.4. The quantitative estimate of drug-likeness (QED) is 0.551. The Morgan fingerprint density at radius 3 is 2.69 bits per heavy atom. The second-order valence-corrected chi connectivity index (χ2v) is 6.96. The minimum absolute atomic E-state index is 0.355. The number of aryl methyl sites for hydroxylation is 1. The Hall–Kier alpha value is -2.33. The van der Waals surface area contributed by atoms with Crippen LogP contribution in [0, 0.1) is 0 Å². The number of carbonyl (C=O) groups is 1. The molecular weight excluding hydrogens is 326 g/mol. The normalized spacial score (nSPS) is 17.7. The lowest BCUT2D eigenvalue weighted by Crippen LogP contribution is -2.36. The van der Waals surface area contributed by atoms with E-state index in [2.05, 4.69) is 24.1 Å². The standard InChI is InChI=1S/C22H27NO3/c1-17(24)25-21-11-3-4-12-22(21)26-20-10-7-8-18(16-20)13-14-19-9-5-6-15-23(19)2/h3-4,7-8,10-12,16,19H,5-6,9,13-15H2,1-2H3. The summed E-state index contributed by atoms with van der Waals surface area (Å²) < 4.78 is 11.2. The van der Waals surface area contributed by atoms with E-state index in [1.54, 1.807) is 6.07 Å². The van der Waals surface area contributed by atoms with E-state index < -0.39 is 0 Å². The van der Waals surface area contributed by atoms with Crippen LogP contribution in [0.3, 0.4) is 0 Å². The highest BCUT2D eigenvalue weighted by molar-refractivity contribution is 5.70. The fraction of sp³-hybridized carbons (Fsp3) is 0.409. The van der Waals surface area contributed by atoms with Crippen molar-refractivity contribution in [2.75, 3.05) is 13.6 Å². The summed E-state index contributed by atoms with van der Waals surface area (Å²) in [4.78, 5) is 13.7. The lowest BCUT2D eigenvalue weighted by atomic mass is 9.96. The third-order valence-corrected chi connectivity index (χ3v) is 4.92. The van der Waals surface area contributed by atoms with Crippen LogP contribution < -0.4 is 9.47 Å². The van der Waals surface area contributed by atoms with Crippen LogP contribution in [-0.4, -0.2) is 30.5 Å². The number of piperidine rings is 1. The molecule has 1 saturated heterocycles. The molecule has 0 bridgehead atoms. The molecule has 1 heterocycles. The Bertz CT molecular complexity index is 744. The summed E-state index contributed by atoms with van der Waals surface area (Å²) in [6.07, 6.45) is 6.16. The van der Waals surface area contributed by atoms with Gasteiger partial charge in [0.05, 0.1) is 0 Å². The second-order valence-electron chi connectivity index (χ2n) is 6.96. The summed E-state index contributed by atoms with van der Waals surface area (Å²) in [5.74, 6) is 1.40. The van der Waals surface area contributed by atoms with Crippen molar-refractivity contribution in [1.82, 2.24) is 4.90 Å². The van der Waals surface area contributed by atoms with Crippen LogP contribution in [0.1, 0.15) is 38.2 Å². The van der Waals surface area contributed by atoms with Gasteiger partial charge >= 0.3 is 5.97 Å². The zero-order valence-electron chi connectivity index (χ0n) is 15.6. The highest BCUT2D eigenvalue weighted by Gasteiger charge is 2.18. The summed E-state index contributed by atoms with van der Waals surface area (Å²) in [5.41, 5.74) is 1.27. The van der Waals surface area contributed by atoms with E-state index in [1.807, 2.05) is 30.3 Å². The third-order valence-electron chi connectivity index (χ3n) is 4.92. The number of benzene rings is 2. The van der Waals surface area contributed by atoms with E-state index in [-0.39, 0.29) is 5.97 Å². The molecule has 1 aliphatic rings. The molecule has 0 spiro atoms. The van der Waals surface area contributed by atoms with Gasteiger partial charge in [-0.05, 0) is 69.1 Å². The number of rotatable bonds is 6. The molecule has 0 radical (unpaired) electrons. The van der Waals surface area contributed by atoms with Crippen molar-refractivity contribution in [3.05, 3.63) is 54.1 Å². The number of nitrogens with zero attached hydrogens (tertiary/aromatic N) is 1. The van der Waals surface area contributed by atoms with Crippen molar-refractivity contribution in [1.29, 1.82) is 0 Å². The van der Waals surface area contributed by atoms with Crippen molar-refractivity contribution in [3.63, 3.8) is 0 Å². The topological polar surface area (TPSA) is 38.8 Å². The highest BCUT2D eigenvalue weighted by Crippen LogP contribution is 2.32. The van der Waals surface area contributed by atoms with Crippen LogP contribution in [0.4, 0.5) is 0 Å². The van der Waals surface area contributed by atoms with Crippen molar-refractivity contribution < 1.29 is 14.3 Å². The van der Waals surface area contributed by atoms with Gasteiger partial charge in [0, 0.05) is 13.0 Å². The van der Waals surface area contributed by atoms with E-state index in [0.29, 0.717) is 17.5 Å². The van der Waals surface area contributed by atoms with Gasteiger partial charge in [0.15, 0.2) is 11.5 Å². The van der Waals surface area contributed by atoms with E-state index >= 15 is 0 Å². The fourth-order valence-corrected chi connectivity index (χ4v) is 3.51. The third kappa shape index (κ3) is 5.09. The molecule has 3 rings (SSSR count). The van der Waals surface area contributed by atoms with Crippen molar-refractivity contribution in [2.24, 2.45) is 0 Å². The van der Waals surface area contributed by atoms with Crippen LogP contribution in [0.2, 0.25) is 0 Å². The number of esters is 1. The molecule has 1 aliphatic heterocycles. The first-order valence-electron chi connectivity index (χ1n) is 9.36. The number of carbonyl (C=O) groups excluding carboxylic acids is 1. The summed E-state index contributed by atoms with van der Waals surface area (Å²) >= 11 is 0. The van der Waals surface area contributed by atoms with Gasteiger partial charge in [0.2, 0.25) is 0 Å². The molecular formula is C22H27NO3. The van der Waals surface area contributed by atoms with Crippen LogP contribution in [0.15, 0.2) is 48.5 Å². The minimum Gasteiger partial charge on any atom is -0.453 e. The molecule has 1 fully saturated rings. The molecule has 1 atom stereocenters. The average Bonchev–Trinajstić information content (AvgIpc) is 2.63. The summed E-state index contributed by atoms with van der Waals surface area (Å²) in [7, 11) is 2.23. The van der Waals surface area contributed by atoms with E-state index in [1.165, 1.54) is 44.7 Å². The molecule has 0 amide bonds. The van der Waals surface area contributed by atoms with Gasteiger partial charge in [-0.15, -0.1) is 0 Å². The Morgan fingerprint density at radius 1 is 1.12 bits per heavy atom. The van der Waals surface area contributed by atoms with E-state index in [0.717, 1.165) is 12.2 Å². The minimum atomic E-state index is -0.355. The van der Waals surface area contributed by atoms with Gasteiger partial charge in [-0.3, -0.25) is 4.79 Å². The van der Waals surface area contributed by atoms with E-state index in [4.69, 9.17) is 9.47 Å². The number of hydrogen-bond donors (Lipinski definition) is 0. The van der Waals surface area contributed by atoms with Crippen LogP contribution >= 0.6 is 0 Å². The second kappa shape index (κ2) is 8.86. The molecule has 0 aliphatic carbocycles. The molecule has 26 heavy (non-hydrogen) atoms. The number of likely N-dealkylation sites (tertiary alicyclic amines) is 1. The molecule has 0 N–H and O–H groups in total. The Labute approximate surface area is 155 Å². The number of hydrogen-bond acceptors (Lipinski definition) is 4. The largest absolute Gasteiger partial charge is 0.453 e. The van der Waals surface area contributed by atoms with Crippen molar-refractivity contribution in [2.45, 2.75) is 45.1 Å². The predicted octanol–water partition coefficient (Wildman–Crippen LogP) is 4.82. The molecule has 138 valence electrons. The van der Waals surface area contributed by atoms with Crippen LogP contribution in [0.5, 0.6) is 17.2 Å². The molecule has 0 aromatic heterocycles. The highest BCUT2D eigenvalue weighted by atomic mass is 16.6. The van der Waals surface area contributed by atoms with Crippen molar-refractivity contribution in [3.8, 4) is 17.2 Å². The summed E-state index contributed by atoms with van der Waals surface area (Å²) in [6.45, 7) is 2.60. The zero-order valence-corrected chi connectivity index (χ0v) is 15.6. The van der Waals surface area contributed by atoms with E-state index in [9.17, 15) is 4.79 Å². The molecule has 2 aromatic carbocycles. The maximum Gasteiger partial charge on any atom is 0.308 e. The molecule has 4 heteroatoms. The maximum atomic E-state index is 11.3. The van der Waals surface area contributed by atoms with Gasteiger partial charge in [-0.2, -0.15) is 0 Å². The SMILES string of the molecule is CC(=O)Oc1ccccc1Oc1cccc(CCC2CCCCN2C)c1. The maximum absolute atomic E-state index is 11.3. The predicted molar refractivity (Wildman–Crippen MR) is 103 cm³/mol. The van der Waals surface area contributed by atoms with Crippen LogP contribution in [-0.2, 0) is 11.2 Å². The Kier molecular flexibility index (Phi) is 6.29. The molecule has 2 aromatic rings. The first-order valence-corrected chi connectivity index (χ1v) is 9.36.